The number of benzene rings is 1. The first-order valence-electron chi connectivity index (χ1n) is 5.89. The zero-order valence-corrected chi connectivity index (χ0v) is 11.8. The Morgan fingerprint density at radius 2 is 1.89 bits per heavy atom. The molecule has 0 radical (unpaired) electrons. The van der Waals surface area contributed by atoms with Crippen molar-refractivity contribution in [2.45, 2.75) is 24.3 Å². The fraction of sp³-hybridized carbons (Fsp3) is 0.385. The monoisotopic (exact) mass is 282 g/mol. The van der Waals surface area contributed by atoms with Crippen molar-refractivity contribution in [3.63, 3.8) is 0 Å². The number of aliphatic carboxylic acids is 1. The van der Waals surface area contributed by atoms with Gasteiger partial charge in [0.2, 0.25) is 0 Å². The molecule has 0 atom stereocenters. The molecule has 1 aromatic carbocycles. The Morgan fingerprint density at radius 1 is 1.26 bits per heavy atom. The SMILES string of the molecule is CC(C)(NC(=O)NCCSc1ccccc1)C(=O)O. The topological polar surface area (TPSA) is 78.4 Å². The Morgan fingerprint density at radius 3 is 2.47 bits per heavy atom. The van der Waals surface area contributed by atoms with Crippen molar-refractivity contribution >= 4 is 23.8 Å². The minimum Gasteiger partial charge on any atom is -0.480 e. The summed E-state index contributed by atoms with van der Waals surface area (Å²) in [6, 6.07) is 9.39. The molecule has 0 saturated heterocycles. The fourth-order valence-corrected chi connectivity index (χ4v) is 2.02. The summed E-state index contributed by atoms with van der Waals surface area (Å²) in [5.74, 6) is -0.341. The van der Waals surface area contributed by atoms with Crippen LogP contribution in [0.4, 0.5) is 4.79 Å². The van der Waals surface area contributed by atoms with Crippen LogP contribution < -0.4 is 10.6 Å². The van der Waals surface area contributed by atoms with Crippen LogP contribution >= 0.6 is 11.8 Å². The van der Waals surface area contributed by atoms with Crippen molar-refractivity contribution in [1.29, 1.82) is 0 Å². The number of carbonyl (C=O) groups excluding carboxylic acids is 1. The lowest BCUT2D eigenvalue weighted by atomic mass is 10.1. The molecule has 0 saturated carbocycles. The molecule has 1 rings (SSSR count). The van der Waals surface area contributed by atoms with Gasteiger partial charge in [0.15, 0.2) is 0 Å². The zero-order valence-electron chi connectivity index (χ0n) is 11.0. The van der Waals surface area contributed by atoms with Crippen molar-refractivity contribution in [3.8, 4) is 0 Å². The highest BCUT2D eigenvalue weighted by atomic mass is 32.2. The second kappa shape index (κ2) is 7.04. The highest BCUT2D eigenvalue weighted by Gasteiger charge is 2.28. The van der Waals surface area contributed by atoms with E-state index in [0.29, 0.717) is 6.54 Å². The van der Waals surface area contributed by atoms with Gasteiger partial charge in [0, 0.05) is 17.2 Å². The maximum absolute atomic E-state index is 11.5. The van der Waals surface area contributed by atoms with E-state index in [9.17, 15) is 9.59 Å². The van der Waals surface area contributed by atoms with E-state index in [1.54, 1.807) is 11.8 Å². The van der Waals surface area contributed by atoms with Gasteiger partial charge in [0.1, 0.15) is 5.54 Å². The second-order valence-electron chi connectivity index (χ2n) is 4.47. The molecule has 0 bridgehead atoms. The Bertz CT molecular complexity index is 435. The maximum Gasteiger partial charge on any atom is 0.328 e. The van der Waals surface area contributed by atoms with Crippen molar-refractivity contribution in [2.75, 3.05) is 12.3 Å². The summed E-state index contributed by atoms with van der Waals surface area (Å²) in [6.45, 7) is 3.35. The van der Waals surface area contributed by atoms with Crippen molar-refractivity contribution in [1.82, 2.24) is 10.6 Å². The fourth-order valence-electron chi connectivity index (χ4n) is 1.23. The van der Waals surface area contributed by atoms with Crippen LogP contribution in [0.15, 0.2) is 35.2 Å². The summed E-state index contributed by atoms with van der Waals surface area (Å²) in [7, 11) is 0. The molecule has 2 amide bonds. The Kier molecular flexibility index (Phi) is 5.69. The molecule has 0 aromatic heterocycles. The highest BCUT2D eigenvalue weighted by molar-refractivity contribution is 7.99. The van der Waals surface area contributed by atoms with E-state index in [4.69, 9.17) is 5.11 Å². The van der Waals surface area contributed by atoms with Gasteiger partial charge in [-0.15, -0.1) is 11.8 Å². The number of hydrogen-bond donors (Lipinski definition) is 3. The van der Waals surface area contributed by atoms with Crippen LogP contribution in [0.3, 0.4) is 0 Å². The number of carbonyl (C=O) groups is 2. The third-order valence-corrected chi connectivity index (χ3v) is 3.37. The molecule has 104 valence electrons. The van der Waals surface area contributed by atoms with Gasteiger partial charge in [-0.1, -0.05) is 18.2 Å². The van der Waals surface area contributed by atoms with Crippen LogP contribution in [0.25, 0.3) is 0 Å². The van der Waals surface area contributed by atoms with E-state index < -0.39 is 17.5 Å². The number of urea groups is 1. The first-order valence-corrected chi connectivity index (χ1v) is 6.87. The minimum absolute atomic E-state index is 0.471. The number of hydrogen-bond acceptors (Lipinski definition) is 3. The smallest absolute Gasteiger partial charge is 0.328 e. The van der Waals surface area contributed by atoms with Gasteiger partial charge in [0.25, 0.3) is 0 Å². The molecular weight excluding hydrogens is 264 g/mol. The van der Waals surface area contributed by atoms with E-state index in [1.807, 2.05) is 30.3 Å². The van der Waals surface area contributed by atoms with E-state index in [2.05, 4.69) is 10.6 Å². The highest BCUT2D eigenvalue weighted by Crippen LogP contribution is 2.15. The molecular formula is C13H18N2O3S. The van der Waals surface area contributed by atoms with Gasteiger partial charge in [-0.25, -0.2) is 9.59 Å². The van der Waals surface area contributed by atoms with Crippen molar-refractivity contribution < 1.29 is 14.7 Å². The summed E-state index contributed by atoms with van der Waals surface area (Å²) in [4.78, 5) is 23.4. The normalized spacial score (nSPS) is 10.8. The number of carboxylic acids is 1. The largest absolute Gasteiger partial charge is 0.480 e. The third kappa shape index (κ3) is 5.65. The van der Waals surface area contributed by atoms with Crippen LogP contribution in [-0.2, 0) is 4.79 Å². The van der Waals surface area contributed by atoms with Crippen molar-refractivity contribution in [3.05, 3.63) is 30.3 Å². The van der Waals surface area contributed by atoms with Crippen LogP contribution in [0.5, 0.6) is 0 Å². The van der Waals surface area contributed by atoms with E-state index in [1.165, 1.54) is 13.8 Å². The summed E-state index contributed by atoms with van der Waals surface area (Å²) in [5.41, 5.74) is -1.27. The van der Waals surface area contributed by atoms with Crippen LogP contribution in [0, 0.1) is 0 Å². The number of rotatable bonds is 6. The lowest BCUT2D eigenvalue weighted by molar-refractivity contribution is -0.142. The van der Waals surface area contributed by atoms with Gasteiger partial charge in [0.05, 0.1) is 0 Å². The number of nitrogens with one attached hydrogen (secondary N) is 2. The first-order chi connectivity index (χ1) is 8.92. The minimum atomic E-state index is -1.27. The van der Waals surface area contributed by atoms with Crippen LogP contribution in [-0.4, -0.2) is 34.9 Å². The quantitative estimate of drug-likeness (QED) is 0.550. The number of amides is 2. The Hall–Kier alpha value is -1.69. The van der Waals surface area contributed by atoms with Crippen LogP contribution in [0.2, 0.25) is 0 Å². The van der Waals surface area contributed by atoms with E-state index in [0.717, 1.165) is 10.6 Å². The standard InChI is InChI=1S/C13H18N2O3S/c1-13(2,11(16)17)15-12(18)14-8-9-19-10-6-4-3-5-7-10/h3-7H,8-9H2,1-2H3,(H,16,17)(H2,14,15,18). The Labute approximate surface area is 116 Å². The summed E-state index contributed by atoms with van der Waals surface area (Å²) >= 11 is 1.63. The predicted molar refractivity (Wildman–Crippen MR) is 75.4 cm³/mol. The molecule has 0 aliphatic carbocycles. The summed E-state index contributed by atoms with van der Waals surface area (Å²) < 4.78 is 0. The van der Waals surface area contributed by atoms with E-state index >= 15 is 0 Å². The maximum atomic E-state index is 11.5. The zero-order chi connectivity index (χ0) is 14.3. The average Bonchev–Trinajstić information content (AvgIpc) is 2.35. The molecule has 1 aromatic rings. The third-order valence-electron chi connectivity index (χ3n) is 2.36. The predicted octanol–water partition coefficient (Wildman–Crippen LogP) is 1.94. The van der Waals surface area contributed by atoms with Gasteiger partial charge in [-0.3, -0.25) is 0 Å². The molecule has 0 heterocycles. The first kappa shape index (κ1) is 15.4. The molecule has 0 fully saturated rings. The molecule has 0 aliphatic rings. The lowest BCUT2D eigenvalue weighted by Gasteiger charge is -2.21. The average molecular weight is 282 g/mol. The number of carboxylic acid groups (broad SMARTS) is 1. The second-order valence-corrected chi connectivity index (χ2v) is 5.64. The Balaban J connectivity index is 2.23. The van der Waals surface area contributed by atoms with Gasteiger partial charge < -0.3 is 15.7 Å². The van der Waals surface area contributed by atoms with Gasteiger partial charge in [-0.05, 0) is 26.0 Å². The molecule has 19 heavy (non-hydrogen) atoms. The van der Waals surface area contributed by atoms with Gasteiger partial charge in [-0.2, -0.15) is 0 Å². The molecule has 5 nitrogen and oxygen atoms in total. The molecule has 0 unspecified atom stereocenters. The van der Waals surface area contributed by atoms with Crippen LogP contribution in [0.1, 0.15) is 13.8 Å². The van der Waals surface area contributed by atoms with E-state index in [-0.39, 0.29) is 0 Å². The number of thioether (sulfide) groups is 1. The summed E-state index contributed by atoms with van der Waals surface area (Å²) in [6.07, 6.45) is 0. The molecule has 0 aliphatic heterocycles. The van der Waals surface area contributed by atoms with Gasteiger partial charge >= 0.3 is 12.0 Å². The molecule has 3 N–H and O–H groups in total. The molecule has 0 spiro atoms. The lowest BCUT2D eigenvalue weighted by Crippen LogP contribution is -2.53. The molecule has 6 heteroatoms. The van der Waals surface area contributed by atoms with Crippen molar-refractivity contribution in [2.24, 2.45) is 0 Å². The summed E-state index contributed by atoms with van der Waals surface area (Å²) in [5, 5.41) is 13.9.